The molecule has 1 aliphatic rings. The molecule has 0 amide bonds. The summed E-state index contributed by atoms with van der Waals surface area (Å²) in [5.41, 5.74) is 1.32. The van der Waals surface area contributed by atoms with E-state index in [-0.39, 0.29) is 0 Å². The van der Waals surface area contributed by atoms with Gasteiger partial charge in [-0.2, -0.15) is 5.10 Å². The molecule has 0 radical (unpaired) electrons. The van der Waals surface area contributed by atoms with Crippen LogP contribution in [0.15, 0.2) is 12.4 Å². The quantitative estimate of drug-likeness (QED) is 0.856. The van der Waals surface area contributed by atoms with Crippen LogP contribution in [0.25, 0.3) is 0 Å². The molecule has 1 aromatic rings. The summed E-state index contributed by atoms with van der Waals surface area (Å²) in [6.45, 7) is 12.2. The minimum absolute atomic E-state index is 0.442. The van der Waals surface area contributed by atoms with Crippen LogP contribution in [0.1, 0.15) is 52.1 Å². The standard InChI is InChI=1S/C15H28N4/c1-12(2)18(11-15-6-5-7-16-15)9-14-8-17-19(10-14)13(3)4/h8,10,12-13,15-16H,5-7,9,11H2,1-4H3. The molecule has 1 unspecified atom stereocenters. The lowest BCUT2D eigenvalue weighted by atomic mass is 10.1. The number of rotatable bonds is 6. The predicted octanol–water partition coefficient (Wildman–Crippen LogP) is 2.43. The molecule has 1 saturated heterocycles. The van der Waals surface area contributed by atoms with E-state index in [0.29, 0.717) is 18.1 Å². The second-order valence-electron chi connectivity index (χ2n) is 6.24. The molecular formula is C15H28N4. The first-order chi connectivity index (χ1) is 9.06. The summed E-state index contributed by atoms with van der Waals surface area (Å²) in [6, 6.07) is 1.69. The zero-order chi connectivity index (χ0) is 13.8. The van der Waals surface area contributed by atoms with Crippen LogP contribution in [-0.4, -0.2) is 39.9 Å². The fraction of sp³-hybridized carbons (Fsp3) is 0.800. The molecule has 0 bridgehead atoms. The molecule has 4 heteroatoms. The summed E-state index contributed by atoms with van der Waals surface area (Å²) < 4.78 is 2.04. The van der Waals surface area contributed by atoms with Crippen LogP contribution in [0, 0.1) is 0 Å². The zero-order valence-corrected chi connectivity index (χ0v) is 12.8. The van der Waals surface area contributed by atoms with E-state index in [2.05, 4.69) is 49.2 Å². The van der Waals surface area contributed by atoms with E-state index >= 15 is 0 Å². The van der Waals surface area contributed by atoms with Crippen molar-refractivity contribution in [3.8, 4) is 0 Å². The Morgan fingerprint density at radius 1 is 1.42 bits per heavy atom. The SMILES string of the molecule is CC(C)N(Cc1cnn(C(C)C)c1)CC1CCCN1. The number of aromatic nitrogens is 2. The smallest absolute Gasteiger partial charge is 0.0534 e. The summed E-state index contributed by atoms with van der Waals surface area (Å²) in [4.78, 5) is 2.55. The van der Waals surface area contributed by atoms with Crippen LogP contribution in [0.4, 0.5) is 0 Å². The van der Waals surface area contributed by atoms with Gasteiger partial charge < -0.3 is 5.32 Å². The number of hydrogen-bond donors (Lipinski definition) is 1. The molecule has 0 aromatic carbocycles. The minimum atomic E-state index is 0.442. The van der Waals surface area contributed by atoms with Gasteiger partial charge >= 0.3 is 0 Å². The molecule has 1 fully saturated rings. The Bertz CT molecular complexity index is 377. The molecule has 1 N–H and O–H groups in total. The van der Waals surface area contributed by atoms with Gasteiger partial charge in [-0.05, 0) is 47.1 Å². The summed E-state index contributed by atoms with van der Waals surface area (Å²) in [6.07, 6.45) is 6.83. The Kier molecular flexibility index (Phi) is 4.99. The molecule has 19 heavy (non-hydrogen) atoms. The van der Waals surface area contributed by atoms with Gasteiger partial charge in [0.15, 0.2) is 0 Å². The van der Waals surface area contributed by atoms with Gasteiger partial charge in [0.2, 0.25) is 0 Å². The lowest BCUT2D eigenvalue weighted by molar-refractivity contribution is 0.194. The van der Waals surface area contributed by atoms with Crippen molar-refractivity contribution in [3.05, 3.63) is 18.0 Å². The van der Waals surface area contributed by atoms with Crippen LogP contribution in [0.2, 0.25) is 0 Å². The van der Waals surface area contributed by atoms with Gasteiger partial charge in [0.25, 0.3) is 0 Å². The first-order valence-corrected chi connectivity index (χ1v) is 7.56. The highest BCUT2D eigenvalue weighted by molar-refractivity contribution is 5.04. The summed E-state index contributed by atoms with van der Waals surface area (Å²) in [7, 11) is 0. The highest BCUT2D eigenvalue weighted by Gasteiger charge is 2.20. The summed E-state index contributed by atoms with van der Waals surface area (Å²) in [5, 5.41) is 8.02. The van der Waals surface area contributed by atoms with Crippen LogP contribution in [0.3, 0.4) is 0 Å². The molecule has 1 atom stereocenters. The number of nitrogens with one attached hydrogen (secondary N) is 1. The van der Waals surface area contributed by atoms with E-state index in [1.165, 1.54) is 24.9 Å². The second-order valence-corrected chi connectivity index (χ2v) is 6.24. The fourth-order valence-corrected chi connectivity index (χ4v) is 2.63. The van der Waals surface area contributed by atoms with Gasteiger partial charge in [0.05, 0.1) is 6.20 Å². The molecular weight excluding hydrogens is 236 g/mol. The van der Waals surface area contributed by atoms with Crippen molar-refractivity contribution in [2.24, 2.45) is 0 Å². The van der Waals surface area contributed by atoms with Gasteiger partial charge in [-0.15, -0.1) is 0 Å². The van der Waals surface area contributed by atoms with E-state index in [1.54, 1.807) is 0 Å². The minimum Gasteiger partial charge on any atom is -0.313 e. The molecule has 0 aliphatic carbocycles. The summed E-state index contributed by atoms with van der Waals surface area (Å²) in [5.74, 6) is 0. The van der Waals surface area contributed by atoms with Crippen LogP contribution in [0.5, 0.6) is 0 Å². The first kappa shape index (κ1) is 14.5. The Hall–Kier alpha value is -0.870. The maximum atomic E-state index is 4.43. The van der Waals surface area contributed by atoms with Gasteiger partial charge in [0, 0.05) is 43.0 Å². The summed E-state index contributed by atoms with van der Waals surface area (Å²) >= 11 is 0. The van der Waals surface area contributed by atoms with Crippen molar-refractivity contribution in [2.75, 3.05) is 13.1 Å². The van der Waals surface area contributed by atoms with E-state index in [1.807, 2.05) is 10.9 Å². The third-order valence-corrected chi connectivity index (χ3v) is 3.92. The van der Waals surface area contributed by atoms with Crippen molar-refractivity contribution >= 4 is 0 Å². The van der Waals surface area contributed by atoms with Crippen molar-refractivity contribution < 1.29 is 0 Å². The maximum absolute atomic E-state index is 4.43. The normalized spacial score (nSPS) is 20.1. The Morgan fingerprint density at radius 2 is 2.21 bits per heavy atom. The van der Waals surface area contributed by atoms with Crippen molar-refractivity contribution in [3.63, 3.8) is 0 Å². The highest BCUT2D eigenvalue weighted by atomic mass is 15.3. The molecule has 2 heterocycles. The zero-order valence-electron chi connectivity index (χ0n) is 12.8. The van der Waals surface area contributed by atoms with E-state index < -0.39 is 0 Å². The monoisotopic (exact) mass is 264 g/mol. The highest BCUT2D eigenvalue weighted by Crippen LogP contribution is 2.14. The average Bonchev–Trinajstić information content (AvgIpc) is 2.98. The maximum Gasteiger partial charge on any atom is 0.0534 e. The molecule has 1 aromatic heterocycles. The van der Waals surface area contributed by atoms with E-state index in [9.17, 15) is 0 Å². The molecule has 2 rings (SSSR count). The average molecular weight is 264 g/mol. The molecule has 4 nitrogen and oxygen atoms in total. The van der Waals surface area contributed by atoms with Gasteiger partial charge in [-0.1, -0.05) is 0 Å². The van der Waals surface area contributed by atoms with Crippen molar-refractivity contribution in [1.29, 1.82) is 0 Å². The lowest BCUT2D eigenvalue weighted by Crippen LogP contribution is -2.40. The fourth-order valence-electron chi connectivity index (χ4n) is 2.63. The third kappa shape index (κ3) is 4.05. The molecule has 0 saturated carbocycles. The number of hydrogen-bond acceptors (Lipinski definition) is 3. The number of nitrogens with zero attached hydrogens (tertiary/aromatic N) is 3. The Morgan fingerprint density at radius 3 is 2.74 bits per heavy atom. The second kappa shape index (κ2) is 6.53. The van der Waals surface area contributed by atoms with Crippen molar-refractivity contribution in [1.82, 2.24) is 20.0 Å². The topological polar surface area (TPSA) is 33.1 Å². The van der Waals surface area contributed by atoms with Gasteiger partial charge in [0.1, 0.15) is 0 Å². The predicted molar refractivity (Wildman–Crippen MR) is 79.2 cm³/mol. The lowest BCUT2D eigenvalue weighted by Gasteiger charge is -2.28. The van der Waals surface area contributed by atoms with Crippen LogP contribution in [-0.2, 0) is 6.54 Å². The van der Waals surface area contributed by atoms with E-state index in [4.69, 9.17) is 0 Å². The third-order valence-electron chi connectivity index (χ3n) is 3.92. The first-order valence-electron chi connectivity index (χ1n) is 7.56. The molecule has 1 aliphatic heterocycles. The van der Waals surface area contributed by atoms with Crippen LogP contribution < -0.4 is 5.32 Å². The van der Waals surface area contributed by atoms with Gasteiger partial charge in [-0.3, -0.25) is 9.58 Å². The molecule has 0 spiro atoms. The Labute approximate surface area is 117 Å². The molecule has 108 valence electrons. The Balaban J connectivity index is 1.94. The largest absolute Gasteiger partial charge is 0.313 e. The van der Waals surface area contributed by atoms with Crippen molar-refractivity contribution in [2.45, 2.75) is 65.2 Å². The van der Waals surface area contributed by atoms with Gasteiger partial charge in [-0.25, -0.2) is 0 Å². The van der Waals surface area contributed by atoms with E-state index in [0.717, 1.165) is 13.1 Å². The van der Waals surface area contributed by atoms with Crippen LogP contribution >= 0.6 is 0 Å².